The van der Waals surface area contributed by atoms with Gasteiger partial charge in [-0.05, 0) is 5.92 Å². The molecule has 9 heteroatoms. The second-order valence-electron chi connectivity index (χ2n) is 5.20. The van der Waals surface area contributed by atoms with Gasteiger partial charge in [-0.2, -0.15) is 0 Å². The number of hydroxylamine groups is 2. The third-order valence-electron chi connectivity index (χ3n) is 3.41. The maximum absolute atomic E-state index is 12.1. The molecule has 0 saturated heterocycles. The van der Waals surface area contributed by atoms with Gasteiger partial charge in [0.1, 0.15) is 30.3 Å². The largest absolute Gasteiger partial charge is 0.302 e. The summed E-state index contributed by atoms with van der Waals surface area (Å²) in [5, 5.41) is 17.2. The maximum Gasteiger partial charge on any atom is 0.168 e. The zero-order chi connectivity index (χ0) is 17.0. The lowest BCUT2D eigenvalue weighted by Crippen LogP contribution is -2.52. The van der Waals surface area contributed by atoms with Gasteiger partial charge >= 0.3 is 0 Å². The number of carbonyl (C=O) groups excluding carboxylic acids is 6. The minimum atomic E-state index is -1.85. The number of hydrogen-bond donors (Lipinski definition) is 2. The summed E-state index contributed by atoms with van der Waals surface area (Å²) in [5.74, 6) is -10.3. The predicted molar refractivity (Wildman–Crippen MR) is 66.7 cm³/mol. The molecular weight excluding hydrogens is 298 g/mol. The monoisotopic (exact) mass is 313 g/mol. The van der Waals surface area contributed by atoms with Crippen molar-refractivity contribution in [2.45, 2.75) is 13.3 Å². The van der Waals surface area contributed by atoms with Crippen LogP contribution in [0, 0.1) is 23.7 Å². The van der Waals surface area contributed by atoms with Crippen LogP contribution in [0.2, 0.25) is 0 Å². The number of nitrogens with zero attached hydrogens (tertiary/aromatic N) is 1. The van der Waals surface area contributed by atoms with Crippen molar-refractivity contribution in [2.24, 2.45) is 23.7 Å². The first-order chi connectivity index (χ1) is 10.2. The summed E-state index contributed by atoms with van der Waals surface area (Å²) < 4.78 is 0. The fourth-order valence-corrected chi connectivity index (χ4v) is 2.36. The van der Waals surface area contributed by atoms with Crippen molar-refractivity contribution in [3.05, 3.63) is 0 Å². The lowest BCUT2D eigenvalue weighted by atomic mass is 9.70. The van der Waals surface area contributed by atoms with E-state index in [2.05, 4.69) is 0 Å². The Morgan fingerprint density at radius 2 is 1.55 bits per heavy atom. The standard InChI is InChI=1S/C13H15NO8/c1-6(3-14(21)22)2-9(17)10-12(19)7(4-15)11(18)8(5-16)13(10)20/h4-8,10,21-22H,2-3H2,1H3. The Morgan fingerprint density at radius 1 is 1.09 bits per heavy atom. The third-order valence-corrected chi connectivity index (χ3v) is 3.41. The Labute approximate surface area is 124 Å². The van der Waals surface area contributed by atoms with Gasteiger partial charge in [0.05, 0.1) is 6.54 Å². The molecule has 120 valence electrons. The van der Waals surface area contributed by atoms with Gasteiger partial charge in [0.15, 0.2) is 23.1 Å². The Morgan fingerprint density at radius 3 is 1.91 bits per heavy atom. The van der Waals surface area contributed by atoms with E-state index in [1.165, 1.54) is 6.92 Å². The molecule has 0 aromatic rings. The molecule has 0 heterocycles. The molecule has 22 heavy (non-hydrogen) atoms. The molecule has 0 aliphatic heterocycles. The second kappa shape index (κ2) is 7.25. The quantitative estimate of drug-likeness (QED) is 0.330. The minimum absolute atomic E-state index is 0.0144. The molecule has 0 bridgehead atoms. The highest BCUT2D eigenvalue weighted by Crippen LogP contribution is 2.25. The van der Waals surface area contributed by atoms with Gasteiger partial charge in [-0.25, -0.2) is 0 Å². The number of aldehydes is 2. The lowest BCUT2D eigenvalue weighted by Gasteiger charge is -2.26. The van der Waals surface area contributed by atoms with Crippen molar-refractivity contribution < 1.29 is 39.2 Å². The van der Waals surface area contributed by atoms with Crippen molar-refractivity contribution in [1.82, 2.24) is 5.23 Å². The van der Waals surface area contributed by atoms with Gasteiger partial charge in [-0.1, -0.05) is 12.2 Å². The molecule has 0 aromatic carbocycles. The number of hydrogen-bond acceptors (Lipinski definition) is 9. The van der Waals surface area contributed by atoms with Crippen LogP contribution in [-0.2, 0) is 28.8 Å². The van der Waals surface area contributed by atoms with Crippen molar-refractivity contribution in [2.75, 3.05) is 6.54 Å². The minimum Gasteiger partial charge on any atom is -0.302 e. The van der Waals surface area contributed by atoms with E-state index in [0.29, 0.717) is 0 Å². The fraction of sp³-hybridized carbons (Fsp3) is 0.538. The average Bonchev–Trinajstić information content (AvgIpc) is 2.38. The molecular formula is C13H15NO8. The molecule has 1 aliphatic carbocycles. The summed E-state index contributed by atoms with van der Waals surface area (Å²) in [7, 11) is 0. The Hall–Kier alpha value is -2.10. The van der Waals surface area contributed by atoms with E-state index in [0.717, 1.165) is 0 Å². The zero-order valence-corrected chi connectivity index (χ0v) is 11.7. The van der Waals surface area contributed by atoms with E-state index in [9.17, 15) is 28.8 Å². The van der Waals surface area contributed by atoms with Crippen LogP contribution >= 0.6 is 0 Å². The van der Waals surface area contributed by atoms with E-state index >= 15 is 0 Å². The molecule has 1 saturated carbocycles. The Bertz CT molecular complexity index is 496. The summed E-state index contributed by atoms with van der Waals surface area (Å²) in [6.45, 7) is 1.16. The van der Waals surface area contributed by atoms with Crippen LogP contribution in [0.4, 0.5) is 0 Å². The maximum atomic E-state index is 12.1. The molecule has 0 radical (unpaired) electrons. The Balaban J connectivity index is 2.99. The van der Waals surface area contributed by atoms with E-state index in [-0.39, 0.29) is 30.8 Å². The first-order valence-corrected chi connectivity index (χ1v) is 6.44. The average molecular weight is 313 g/mol. The van der Waals surface area contributed by atoms with Gasteiger partial charge in [0.25, 0.3) is 0 Å². The highest BCUT2D eigenvalue weighted by Gasteiger charge is 2.51. The van der Waals surface area contributed by atoms with Crippen LogP contribution in [0.15, 0.2) is 0 Å². The number of rotatable bonds is 7. The van der Waals surface area contributed by atoms with Gasteiger partial charge < -0.3 is 9.59 Å². The van der Waals surface area contributed by atoms with Crippen LogP contribution < -0.4 is 0 Å². The van der Waals surface area contributed by atoms with Crippen molar-refractivity contribution in [1.29, 1.82) is 0 Å². The molecule has 0 spiro atoms. The predicted octanol–water partition coefficient (Wildman–Crippen LogP) is -1.37. The van der Waals surface area contributed by atoms with Gasteiger partial charge in [-0.15, -0.1) is 0 Å². The van der Waals surface area contributed by atoms with Crippen LogP contribution in [0.1, 0.15) is 13.3 Å². The van der Waals surface area contributed by atoms with Crippen molar-refractivity contribution in [3.8, 4) is 0 Å². The summed E-state index contributed by atoms with van der Waals surface area (Å²) in [5.41, 5.74) is 0. The molecule has 1 fully saturated rings. The molecule has 9 nitrogen and oxygen atoms in total. The highest BCUT2D eigenvalue weighted by atomic mass is 16.8. The number of carbonyl (C=O) groups is 6. The summed E-state index contributed by atoms with van der Waals surface area (Å²) in [6, 6.07) is 0. The second-order valence-corrected chi connectivity index (χ2v) is 5.20. The molecule has 1 aliphatic rings. The lowest BCUT2D eigenvalue weighted by molar-refractivity contribution is -0.311. The normalized spacial score (nSPS) is 26.9. The Kier molecular flexibility index (Phi) is 5.92. The van der Waals surface area contributed by atoms with E-state index in [1.807, 2.05) is 0 Å². The molecule has 0 amide bonds. The summed E-state index contributed by atoms with van der Waals surface area (Å²) in [4.78, 5) is 69.3. The summed E-state index contributed by atoms with van der Waals surface area (Å²) >= 11 is 0. The van der Waals surface area contributed by atoms with Crippen LogP contribution in [0.25, 0.3) is 0 Å². The van der Waals surface area contributed by atoms with Crippen molar-refractivity contribution in [3.63, 3.8) is 0 Å². The molecule has 3 unspecified atom stereocenters. The van der Waals surface area contributed by atoms with Gasteiger partial charge in [0.2, 0.25) is 0 Å². The smallest absolute Gasteiger partial charge is 0.168 e. The SMILES string of the molecule is CC(CC(=O)C1C(=O)C(C=O)C(=O)C(C=O)C1=O)CN(O)O. The van der Waals surface area contributed by atoms with E-state index in [4.69, 9.17) is 10.4 Å². The van der Waals surface area contributed by atoms with Crippen LogP contribution in [-0.4, -0.2) is 57.9 Å². The molecule has 1 rings (SSSR count). The van der Waals surface area contributed by atoms with Crippen LogP contribution in [0.5, 0.6) is 0 Å². The van der Waals surface area contributed by atoms with Gasteiger partial charge in [-0.3, -0.25) is 29.6 Å². The molecule has 2 N–H and O–H groups in total. The first-order valence-electron chi connectivity index (χ1n) is 6.44. The fourth-order valence-electron chi connectivity index (χ4n) is 2.36. The van der Waals surface area contributed by atoms with Crippen LogP contribution in [0.3, 0.4) is 0 Å². The number of Topliss-reactive ketones (excluding diaryl/α,β-unsaturated/α-hetero) is 4. The van der Waals surface area contributed by atoms with Gasteiger partial charge in [0, 0.05) is 6.42 Å². The number of ketones is 4. The zero-order valence-electron chi connectivity index (χ0n) is 11.7. The highest BCUT2D eigenvalue weighted by molar-refractivity contribution is 6.38. The van der Waals surface area contributed by atoms with E-state index < -0.39 is 46.8 Å². The third kappa shape index (κ3) is 3.56. The van der Waals surface area contributed by atoms with Crippen molar-refractivity contribution >= 4 is 35.7 Å². The summed E-state index contributed by atoms with van der Waals surface area (Å²) in [6.07, 6.45) is -0.327. The first kappa shape index (κ1) is 18.0. The topological polar surface area (TPSA) is 146 Å². The molecule has 3 atom stereocenters. The molecule has 0 aromatic heterocycles. The van der Waals surface area contributed by atoms with E-state index in [1.54, 1.807) is 0 Å².